The molecule has 0 radical (unpaired) electrons. The van der Waals surface area contributed by atoms with E-state index in [2.05, 4.69) is 20.3 Å². The maximum absolute atomic E-state index is 12.7. The van der Waals surface area contributed by atoms with Crippen LogP contribution in [0.1, 0.15) is 10.4 Å². The van der Waals surface area contributed by atoms with E-state index in [1.807, 2.05) is 4.90 Å². The van der Waals surface area contributed by atoms with E-state index in [-0.39, 0.29) is 22.2 Å². The molecule has 28 heavy (non-hydrogen) atoms. The summed E-state index contributed by atoms with van der Waals surface area (Å²) in [5, 5.41) is 19.1. The number of anilines is 1. The minimum atomic E-state index is -0.599. The first-order valence-corrected chi connectivity index (χ1v) is 8.82. The Morgan fingerprint density at radius 1 is 1.21 bits per heavy atom. The van der Waals surface area contributed by atoms with Crippen molar-refractivity contribution in [2.24, 2.45) is 7.05 Å². The van der Waals surface area contributed by atoms with Crippen LogP contribution in [-0.4, -0.2) is 66.9 Å². The number of carbonyl (C=O) groups excluding carboxylic acids is 1. The number of carbonyl (C=O) groups is 1. The Kier molecular flexibility index (Phi) is 4.51. The van der Waals surface area contributed by atoms with Crippen molar-refractivity contribution in [3.05, 3.63) is 45.2 Å². The molecule has 1 fully saturated rings. The van der Waals surface area contributed by atoms with Crippen LogP contribution in [0.25, 0.3) is 11.2 Å². The van der Waals surface area contributed by atoms with Gasteiger partial charge in [0.25, 0.3) is 11.6 Å². The number of aryl methyl sites for hydroxylation is 1. The molecule has 0 bridgehead atoms. The molecule has 1 aliphatic rings. The molecule has 0 spiro atoms. The molecule has 0 atom stereocenters. The lowest BCUT2D eigenvalue weighted by Crippen LogP contribution is -2.49. The Labute approximate surface area is 163 Å². The van der Waals surface area contributed by atoms with Crippen molar-refractivity contribution in [3.8, 4) is 0 Å². The predicted octanol–water partition coefficient (Wildman–Crippen LogP) is 1.28. The van der Waals surface area contributed by atoms with Crippen LogP contribution in [0.2, 0.25) is 5.02 Å². The maximum atomic E-state index is 12.7. The Hall–Kier alpha value is -3.34. The molecule has 12 heteroatoms. The molecule has 3 aromatic rings. The van der Waals surface area contributed by atoms with Crippen LogP contribution < -0.4 is 4.90 Å². The number of nitro groups is 1. The molecule has 2 aromatic heterocycles. The van der Waals surface area contributed by atoms with Crippen LogP contribution in [0.15, 0.2) is 24.5 Å². The summed E-state index contributed by atoms with van der Waals surface area (Å²) in [7, 11) is 1.76. The number of amides is 1. The molecule has 0 aliphatic carbocycles. The van der Waals surface area contributed by atoms with Crippen LogP contribution in [0.3, 0.4) is 0 Å². The average molecular weight is 403 g/mol. The van der Waals surface area contributed by atoms with Gasteiger partial charge in [0.1, 0.15) is 11.3 Å². The van der Waals surface area contributed by atoms with Gasteiger partial charge in [0, 0.05) is 44.9 Å². The van der Waals surface area contributed by atoms with Crippen molar-refractivity contribution in [2.75, 3.05) is 31.1 Å². The van der Waals surface area contributed by atoms with E-state index in [1.54, 1.807) is 16.6 Å². The summed E-state index contributed by atoms with van der Waals surface area (Å²) in [5.74, 6) is 0.402. The van der Waals surface area contributed by atoms with Gasteiger partial charge in [-0.1, -0.05) is 16.8 Å². The third-order valence-electron chi connectivity index (χ3n) is 4.63. The predicted molar refractivity (Wildman–Crippen MR) is 100 cm³/mol. The summed E-state index contributed by atoms with van der Waals surface area (Å²) in [6, 6.07) is 4.08. The van der Waals surface area contributed by atoms with Crippen molar-refractivity contribution >= 4 is 40.2 Å². The molecule has 1 aliphatic heterocycles. The molecule has 1 saturated heterocycles. The lowest BCUT2D eigenvalue weighted by atomic mass is 10.1. The Balaban J connectivity index is 1.50. The van der Waals surface area contributed by atoms with Crippen molar-refractivity contribution < 1.29 is 9.72 Å². The summed E-state index contributed by atoms with van der Waals surface area (Å²) < 4.78 is 1.58. The number of nitrogens with zero attached hydrogens (tertiary/aromatic N) is 8. The number of hydrogen-bond acceptors (Lipinski definition) is 8. The van der Waals surface area contributed by atoms with Gasteiger partial charge in [-0.25, -0.2) is 14.6 Å². The topological polar surface area (TPSA) is 123 Å². The van der Waals surface area contributed by atoms with Crippen LogP contribution in [0.5, 0.6) is 0 Å². The van der Waals surface area contributed by atoms with Gasteiger partial charge in [0.2, 0.25) is 0 Å². The molecule has 0 saturated carbocycles. The minimum Gasteiger partial charge on any atom is -0.351 e. The van der Waals surface area contributed by atoms with Gasteiger partial charge in [-0.15, -0.1) is 5.10 Å². The third-order valence-corrected chi connectivity index (χ3v) is 4.94. The lowest BCUT2D eigenvalue weighted by Gasteiger charge is -2.35. The van der Waals surface area contributed by atoms with Crippen molar-refractivity contribution in [3.63, 3.8) is 0 Å². The van der Waals surface area contributed by atoms with E-state index in [9.17, 15) is 14.9 Å². The number of benzene rings is 1. The Morgan fingerprint density at radius 2 is 1.96 bits per heavy atom. The second-order valence-electron chi connectivity index (χ2n) is 6.29. The van der Waals surface area contributed by atoms with Gasteiger partial charge in [-0.2, -0.15) is 0 Å². The quantitative estimate of drug-likeness (QED) is 0.474. The molecule has 0 unspecified atom stereocenters. The standard InChI is InChI=1S/C16H15ClN8O3/c1-22-14-13(20-21-22)15(19-9-18-14)23-4-6-24(7-5-23)16(26)10-2-3-11(17)12(8-10)25(27)28/h2-3,8-9H,4-7H2,1H3. The smallest absolute Gasteiger partial charge is 0.288 e. The molecular weight excluding hydrogens is 388 g/mol. The van der Waals surface area contributed by atoms with E-state index in [4.69, 9.17) is 11.6 Å². The molecule has 3 heterocycles. The zero-order valence-corrected chi connectivity index (χ0v) is 15.6. The summed E-state index contributed by atoms with van der Waals surface area (Å²) in [6.07, 6.45) is 1.46. The SMILES string of the molecule is Cn1nnc2c(N3CCN(C(=O)c4ccc(Cl)c([N+](=O)[O-])c4)CC3)ncnc21. The number of hydrogen-bond donors (Lipinski definition) is 0. The monoisotopic (exact) mass is 402 g/mol. The molecule has 1 aromatic carbocycles. The molecule has 1 amide bonds. The first-order chi connectivity index (χ1) is 13.5. The highest BCUT2D eigenvalue weighted by Crippen LogP contribution is 2.26. The van der Waals surface area contributed by atoms with Gasteiger partial charge in [0.15, 0.2) is 17.0 Å². The lowest BCUT2D eigenvalue weighted by molar-refractivity contribution is -0.384. The number of aromatic nitrogens is 5. The number of nitro benzene ring substituents is 1. The fourth-order valence-electron chi connectivity index (χ4n) is 3.16. The second-order valence-corrected chi connectivity index (χ2v) is 6.69. The van der Waals surface area contributed by atoms with Crippen LogP contribution in [0, 0.1) is 10.1 Å². The number of rotatable bonds is 3. The highest BCUT2D eigenvalue weighted by Gasteiger charge is 2.26. The normalized spacial score (nSPS) is 14.5. The Morgan fingerprint density at radius 3 is 2.68 bits per heavy atom. The second kappa shape index (κ2) is 7.00. The van der Waals surface area contributed by atoms with Crippen molar-refractivity contribution in [2.45, 2.75) is 0 Å². The molecule has 4 rings (SSSR count). The van der Waals surface area contributed by atoms with E-state index >= 15 is 0 Å². The van der Waals surface area contributed by atoms with E-state index in [0.717, 1.165) is 0 Å². The van der Waals surface area contributed by atoms with Crippen molar-refractivity contribution in [1.82, 2.24) is 29.9 Å². The number of halogens is 1. The first kappa shape index (κ1) is 18.0. The molecule has 0 N–H and O–H groups in total. The van der Waals surface area contributed by atoms with E-state index in [1.165, 1.54) is 24.5 Å². The highest BCUT2D eigenvalue weighted by atomic mass is 35.5. The summed E-state index contributed by atoms with van der Waals surface area (Å²) >= 11 is 5.82. The van der Waals surface area contributed by atoms with Crippen LogP contribution in [0.4, 0.5) is 11.5 Å². The molecule has 144 valence electrons. The van der Waals surface area contributed by atoms with Gasteiger partial charge >= 0.3 is 0 Å². The van der Waals surface area contributed by atoms with E-state index < -0.39 is 4.92 Å². The zero-order valence-electron chi connectivity index (χ0n) is 14.8. The Bertz CT molecular complexity index is 1080. The summed E-state index contributed by atoms with van der Waals surface area (Å²) in [5.41, 5.74) is 1.20. The number of piperazine rings is 1. The summed E-state index contributed by atoms with van der Waals surface area (Å²) in [6.45, 7) is 1.98. The van der Waals surface area contributed by atoms with Gasteiger partial charge in [-0.05, 0) is 12.1 Å². The van der Waals surface area contributed by atoms with Gasteiger partial charge in [0.05, 0.1) is 4.92 Å². The summed E-state index contributed by atoms with van der Waals surface area (Å²) in [4.78, 5) is 35.4. The zero-order chi connectivity index (χ0) is 19.8. The first-order valence-electron chi connectivity index (χ1n) is 8.44. The fourth-order valence-corrected chi connectivity index (χ4v) is 3.35. The van der Waals surface area contributed by atoms with Crippen LogP contribution in [-0.2, 0) is 7.05 Å². The van der Waals surface area contributed by atoms with E-state index in [0.29, 0.717) is 43.2 Å². The molecular formula is C16H15ClN8O3. The van der Waals surface area contributed by atoms with Crippen molar-refractivity contribution in [1.29, 1.82) is 0 Å². The highest BCUT2D eigenvalue weighted by molar-refractivity contribution is 6.32. The maximum Gasteiger partial charge on any atom is 0.288 e. The van der Waals surface area contributed by atoms with Gasteiger partial charge < -0.3 is 9.80 Å². The minimum absolute atomic E-state index is 0.00289. The fraction of sp³-hybridized carbons (Fsp3) is 0.312. The largest absolute Gasteiger partial charge is 0.351 e. The van der Waals surface area contributed by atoms with Crippen LogP contribution >= 0.6 is 11.6 Å². The average Bonchev–Trinajstić information content (AvgIpc) is 3.09. The van der Waals surface area contributed by atoms with Gasteiger partial charge in [-0.3, -0.25) is 14.9 Å². The third kappa shape index (κ3) is 3.09. The molecule has 11 nitrogen and oxygen atoms in total. The number of fused-ring (bicyclic) bond motifs is 1.